The van der Waals surface area contributed by atoms with Gasteiger partial charge in [0.2, 0.25) is 5.95 Å². The van der Waals surface area contributed by atoms with E-state index in [9.17, 15) is 14.9 Å². The Kier molecular flexibility index (Phi) is 5.99. The maximum atomic E-state index is 12.7. The van der Waals surface area contributed by atoms with E-state index in [1.54, 1.807) is 18.5 Å². The van der Waals surface area contributed by atoms with Crippen molar-refractivity contribution < 1.29 is 19.4 Å². The lowest BCUT2D eigenvalue weighted by molar-refractivity contribution is -0.914. The number of piperazine rings is 1. The summed E-state index contributed by atoms with van der Waals surface area (Å²) in [5.74, 6) is 0.866. The zero-order valence-electron chi connectivity index (χ0n) is 15.8. The van der Waals surface area contributed by atoms with Crippen molar-refractivity contribution in [3.05, 3.63) is 46.8 Å². The summed E-state index contributed by atoms with van der Waals surface area (Å²) < 4.78 is 5.20. The maximum Gasteiger partial charge on any atom is 0.282 e. The van der Waals surface area contributed by atoms with E-state index >= 15 is 0 Å². The highest BCUT2D eigenvalue weighted by Crippen LogP contribution is 2.28. The summed E-state index contributed by atoms with van der Waals surface area (Å²) in [4.78, 5) is 35.0. The summed E-state index contributed by atoms with van der Waals surface area (Å²) in [5.41, 5.74) is 0.192. The van der Waals surface area contributed by atoms with Crippen LogP contribution in [0, 0.1) is 10.1 Å². The fraction of sp³-hybridized carbons (Fsp3) is 0.389. The van der Waals surface area contributed by atoms with Crippen LogP contribution < -0.4 is 19.9 Å². The van der Waals surface area contributed by atoms with Gasteiger partial charge in [-0.25, -0.2) is 9.97 Å². The van der Waals surface area contributed by atoms with E-state index in [2.05, 4.69) is 20.2 Å². The molecular weight excluding hydrogens is 364 g/mol. The van der Waals surface area contributed by atoms with Crippen LogP contribution >= 0.6 is 0 Å². The summed E-state index contributed by atoms with van der Waals surface area (Å²) >= 11 is 0. The van der Waals surface area contributed by atoms with Gasteiger partial charge in [0.15, 0.2) is 6.04 Å². The Morgan fingerprint density at radius 3 is 2.61 bits per heavy atom. The molecule has 1 aromatic carbocycles. The van der Waals surface area contributed by atoms with Crippen molar-refractivity contribution >= 4 is 23.2 Å². The van der Waals surface area contributed by atoms with Gasteiger partial charge in [0.1, 0.15) is 5.75 Å². The number of quaternary nitrogens is 1. The number of anilines is 2. The highest BCUT2D eigenvalue weighted by atomic mass is 16.6. The summed E-state index contributed by atoms with van der Waals surface area (Å²) in [6, 6.07) is 5.59. The van der Waals surface area contributed by atoms with Gasteiger partial charge in [0, 0.05) is 24.5 Å². The van der Waals surface area contributed by atoms with Crippen LogP contribution in [0.4, 0.5) is 17.3 Å². The molecule has 28 heavy (non-hydrogen) atoms. The minimum Gasteiger partial charge on any atom is -0.495 e. The average Bonchev–Trinajstić information content (AvgIpc) is 2.73. The normalized spacial score (nSPS) is 15.7. The van der Waals surface area contributed by atoms with Crippen LogP contribution in [0.1, 0.15) is 6.92 Å². The zero-order chi connectivity index (χ0) is 20.1. The first kappa shape index (κ1) is 19.5. The molecule has 1 atom stereocenters. The number of nitro benzene ring substituents is 1. The quantitative estimate of drug-likeness (QED) is 0.535. The SMILES string of the molecule is COc1ccc([N+](=O)[O-])cc1NC(=O)[C@@H](C)[NH+]1CCN(c2ncccn2)CC1. The number of carbonyl (C=O) groups is 1. The molecule has 0 unspecified atom stereocenters. The number of amides is 1. The van der Waals surface area contributed by atoms with Crippen molar-refractivity contribution in [1.29, 1.82) is 0 Å². The topological polar surface area (TPSA) is 115 Å². The number of carbonyl (C=O) groups excluding carboxylic acids is 1. The minimum absolute atomic E-state index is 0.104. The number of benzene rings is 1. The van der Waals surface area contributed by atoms with Gasteiger partial charge in [0.05, 0.1) is 43.9 Å². The summed E-state index contributed by atoms with van der Waals surface area (Å²) in [7, 11) is 1.45. The van der Waals surface area contributed by atoms with Gasteiger partial charge in [-0.15, -0.1) is 0 Å². The zero-order valence-corrected chi connectivity index (χ0v) is 15.8. The third kappa shape index (κ3) is 4.34. The number of nitrogens with one attached hydrogen (secondary N) is 2. The van der Waals surface area contributed by atoms with Gasteiger partial charge in [-0.2, -0.15) is 0 Å². The fourth-order valence-electron chi connectivity index (χ4n) is 3.22. The molecule has 0 saturated carbocycles. The molecule has 1 fully saturated rings. The summed E-state index contributed by atoms with van der Waals surface area (Å²) in [5, 5.41) is 13.8. The Hall–Kier alpha value is -3.27. The van der Waals surface area contributed by atoms with E-state index in [4.69, 9.17) is 4.74 Å². The van der Waals surface area contributed by atoms with Crippen molar-refractivity contribution in [1.82, 2.24) is 9.97 Å². The van der Waals surface area contributed by atoms with Crippen molar-refractivity contribution in [3.63, 3.8) is 0 Å². The fourth-order valence-corrected chi connectivity index (χ4v) is 3.22. The largest absolute Gasteiger partial charge is 0.495 e. The van der Waals surface area contributed by atoms with Gasteiger partial charge >= 0.3 is 0 Å². The lowest BCUT2D eigenvalue weighted by Crippen LogP contribution is -3.19. The number of aromatic nitrogens is 2. The molecule has 148 valence electrons. The molecule has 0 aliphatic carbocycles. The second kappa shape index (κ2) is 8.61. The van der Waals surface area contributed by atoms with Crippen LogP contribution in [0.2, 0.25) is 0 Å². The Bertz CT molecular complexity index is 839. The summed E-state index contributed by atoms with van der Waals surface area (Å²) in [6.07, 6.45) is 3.42. The Morgan fingerprint density at radius 1 is 1.32 bits per heavy atom. The number of ether oxygens (including phenoxy) is 1. The van der Waals surface area contributed by atoms with Crippen LogP contribution in [-0.2, 0) is 4.79 Å². The predicted octanol–water partition coefficient (Wildman–Crippen LogP) is 0.126. The third-order valence-corrected chi connectivity index (χ3v) is 4.90. The van der Waals surface area contributed by atoms with Crippen molar-refractivity contribution in [2.45, 2.75) is 13.0 Å². The second-order valence-electron chi connectivity index (χ2n) is 6.55. The molecule has 2 N–H and O–H groups in total. The monoisotopic (exact) mass is 387 g/mol. The molecule has 2 aromatic rings. The molecular formula is C18H23N6O4+. The molecule has 0 bridgehead atoms. The van der Waals surface area contributed by atoms with Crippen molar-refractivity contribution in [2.75, 3.05) is 43.5 Å². The molecule has 2 heterocycles. The molecule has 1 amide bonds. The maximum absolute atomic E-state index is 12.7. The molecule has 10 nitrogen and oxygen atoms in total. The van der Waals surface area contributed by atoms with Gasteiger partial charge in [-0.05, 0) is 19.1 Å². The second-order valence-corrected chi connectivity index (χ2v) is 6.55. The standard InChI is InChI=1S/C18H22N6O4/c1-13(22-8-10-23(11-9-22)18-19-6-3-7-20-18)17(25)21-15-12-14(24(26)27)4-5-16(15)28-2/h3-7,12-13H,8-11H2,1-2H3,(H,21,25)/p+1/t13-/m1/s1. The molecule has 1 saturated heterocycles. The lowest BCUT2D eigenvalue weighted by atomic mass is 10.2. The Labute approximate surface area is 162 Å². The number of nitrogens with zero attached hydrogens (tertiary/aromatic N) is 4. The number of hydrogen-bond acceptors (Lipinski definition) is 7. The highest BCUT2D eigenvalue weighted by Gasteiger charge is 2.30. The molecule has 0 spiro atoms. The molecule has 10 heteroatoms. The highest BCUT2D eigenvalue weighted by molar-refractivity contribution is 5.95. The van der Waals surface area contributed by atoms with Crippen LogP contribution in [-0.4, -0.2) is 60.1 Å². The van der Waals surface area contributed by atoms with E-state index in [1.807, 2.05) is 6.92 Å². The Balaban J connectivity index is 1.62. The van der Waals surface area contributed by atoms with Crippen LogP contribution in [0.3, 0.4) is 0 Å². The van der Waals surface area contributed by atoms with Crippen LogP contribution in [0.25, 0.3) is 0 Å². The van der Waals surface area contributed by atoms with Gasteiger partial charge in [-0.3, -0.25) is 14.9 Å². The van der Waals surface area contributed by atoms with Gasteiger partial charge in [-0.1, -0.05) is 0 Å². The van der Waals surface area contributed by atoms with Crippen LogP contribution in [0.5, 0.6) is 5.75 Å². The van der Waals surface area contributed by atoms with Crippen LogP contribution in [0.15, 0.2) is 36.7 Å². The minimum atomic E-state index is -0.505. The Morgan fingerprint density at radius 2 is 2.00 bits per heavy atom. The van der Waals surface area contributed by atoms with Gasteiger partial charge in [0.25, 0.3) is 11.6 Å². The average molecular weight is 387 g/mol. The van der Waals surface area contributed by atoms with E-state index in [0.717, 1.165) is 31.1 Å². The van der Waals surface area contributed by atoms with E-state index in [1.165, 1.54) is 25.3 Å². The molecule has 3 rings (SSSR count). The lowest BCUT2D eigenvalue weighted by Gasteiger charge is -2.34. The van der Waals surface area contributed by atoms with Crippen molar-refractivity contribution in [3.8, 4) is 5.75 Å². The molecule has 1 aliphatic rings. The van der Waals surface area contributed by atoms with Gasteiger partial charge < -0.3 is 19.9 Å². The number of methoxy groups -OCH3 is 1. The number of non-ortho nitro benzene ring substituents is 1. The first-order valence-electron chi connectivity index (χ1n) is 8.99. The van der Waals surface area contributed by atoms with E-state index in [-0.39, 0.29) is 17.6 Å². The molecule has 1 aromatic heterocycles. The predicted molar refractivity (Wildman–Crippen MR) is 103 cm³/mol. The first-order chi connectivity index (χ1) is 13.5. The summed E-state index contributed by atoms with van der Waals surface area (Å²) in [6.45, 7) is 4.87. The number of hydrogen-bond donors (Lipinski definition) is 2. The molecule has 0 radical (unpaired) electrons. The first-order valence-corrected chi connectivity index (χ1v) is 8.99. The molecule has 1 aliphatic heterocycles. The number of nitro groups is 1. The van der Waals surface area contributed by atoms with Crippen molar-refractivity contribution in [2.24, 2.45) is 0 Å². The van der Waals surface area contributed by atoms with E-state index in [0.29, 0.717) is 17.4 Å². The number of rotatable bonds is 6. The smallest absolute Gasteiger partial charge is 0.282 e. The third-order valence-electron chi connectivity index (χ3n) is 4.90. The van der Waals surface area contributed by atoms with E-state index < -0.39 is 4.92 Å².